The van der Waals surface area contributed by atoms with Crippen LogP contribution >= 0.6 is 0 Å². The van der Waals surface area contributed by atoms with E-state index in [1.54, 1.807) is 14.0 Å². The van der Waals surface area contributed by atoms with Crippen LogP contribution in [0.3, 0.4) is 0 Å². The molecule has 0 aliphatic carbocycles. The van der Waals surface area contributed by atoms with E-state index < -0.39 is 50.8 Å². The van der Waals surface area contributed by atoms with Crippen molar-refractivity contribution >= 4 is 21.1 Å². The minimum absolute atomic E-state index is 0.0282. The molecule has 33 heavy (non-hydrogen) atoms. The van der Waals surface area contributed by atoms with Gasteiger partial charge in [0.15, 0.2) is 5.52 Å². The Morgan fingerprint density at radius 3 is 2.58 bits per heavy atom. The van der Waals surface area contributed by atoms with E-state index in [2.05, 4.69) is 15.1 Å². The molecule has 4 rings (SSSR count). The number of ether oxygens (including phenoxy) is 1. The summed E-state index contributed by atoms with van der Waals surface area (Å²) in [6.45, 7) is -9.95. The van der Waals surface area contributed by atoms with Gasteiger partial charge in [0.05, 0.1) is 22.8 Å². The minimum atomic E-state index is -5.29. The number of sulfonamides is 1. The highest BCUT2D eigenvalue weighted by Gasteiger charge is 2.29. The van der Waals surface area contributed by atoms with Gasteiger partial charge in [-0.05, 0) is 38.6 Å². The molecule has 1 saturated heterocycles. The summed E-state index contributed by atoms with van der Waals surface area (Å²) in [5, 5.41) is 4.36. The van der Waals surface area contributed by atoms with E-state index in [9.17, 15) is 13.2 Å². The van der Waals surface area contributed by atoms with E-state index in [4.69, 9.17) is 15.7 Å². The summed E-state index contributed by atoms with van der Waals surface area (Å²) >= 11 is 0. The van der Waals surface area contributed by atoms with Gasteiger partial charge in [-0.2, -0.15) is 9.40 Å². The lowest BCUT2D eigenvalue weighted by molar-refractivity contribution is 0.222. The molecule has 1 N–H and O–H groups in total. The predicted octanol–water partition coefficient (Wildman–Crippen LogP) is 1.61. The summed E-state index contributed by atoms with van der Waals surface area (Å²) in [6, 6.07) is 3.22. The second kappa shape index (κ2) is 9.24. The third-order valence-electron chi connectivity index (χ3n) is 4.93. The SMILES string of the molecule is [2H]C1([2H])N(C)C([2H])([2H])C([2H])([2H])N(S(=O)(=O)c2ccc(OCC)c(-c3nc4c(CCC)nn(C)c4c(=O)[nH]3)c2)C1([2H])[2H]. The van der Waals surface area contributed by atoms with E-state index in [1.165, 1.54) is 10.7 Å². The molecule has 10 nitrogen and oxygen atoms in total. The van der Waals surface area contributed by atoms with Gasteiger partial charge in [-0.3, -0.25) is 9.48 Å². The average molecular weight is 483 g/mol. The largest absolute Gasteiger partial charge is 0.493 e. The number of H-pyrrole nitrogens is 1. The first-order valence-corrected chi connectivity index (χ1v) is 11.7. The third kappa shape index (κ3) is 4.40. The van der Waals surface area contributed by atoms with Crippen LogP contribution in [-0.4, -0.2) is 77.0 Å². The number of rotatable bonds is 7. The van der Waals surface area contributed by atoms with Crippen molar-refractivity contribution in [3.05, 3.63) is 34.2 Å². The molecule has 178 valence electrons. The van der Waals surface area contributed by atoms with Gasteiger partial charge in [0, 0.05) is 44.0 Å². The first-order valence-electron chi connectivity index (χ1n) is 14.3. The predicted molar refractivity (Wildman–Crippen MR) is 126 cm³/mol. The zero-order chi connectivity index (χ0) is 30.9. The molecule has 0 radical (unpaired) electrons. The lowest BCUT2D eigenvalue weighted by atomic mass is 10.1. The lowest BCUT2D eigenvalue weighted by Crippen LogP contribution is -2.47. The Labute approximate surface area is 204 Å². The number of fused-ring (bicyclic) bond motifs is 1. The highest BCUT2D eigenvalue weighted by Crippen LogP contribution is 2.32. The van der Waals surface area contributed by atoms with Crippen LogP contribution in [-0.2, 0) is 23.5 Å². The smallest absolute Gasteiger partial charge is 0.277 e. The topological polar surface area (TPSA) is 113 Å². The van der Waals surface area contributed by atoms with Crippen molar-refractivity contribution < 1.29 is 24.1 Å². The Balaban J connectivity index is 1.98. The Morgan fingerprint density at radius 2 is 1.91 bits per heavy atom. The van der Waals surface area contributed by atoms with Crippen LogP contribution in [0, 0.1) is 0 Å². The van der Waals surface area contributed by atoms with Gasteiger partial charge in [-0.1, -0.05) is 13.3 Å². The Hall–Kier alpha value is -2.76. The monoisotopic (exact) mass is 482 g/mol. The second-order valence-electron chi connectivity index (χ2n) is 7.30. The van der Waals surface area contributed by atoms with Crippen LogP contribution < -0.4 is 10.3 Å². The number of likely N-dealkylation sites (N-methyl/N-ethyl adjacent to an activating group) is 1. The normalized spacial score (nSPS) is 25.6. The molecular weight excluding hydrogens is 444 g/mol. The number of aryl methyl sites for hydroxylation is 2. The summed E-state index contributed by atoms with van der Waals surface area (Å²) < 4.78 is 101. The first-order chi connectivity index (χ1) is 18.8. The van der Waals surface area contributed by atoms with Gasteiger partial charge in [0.2, 0.25) is 10.0 Å². The van der Waals surface area contributed by atoms with Crippen molar-refractivity contribution in [3.8, 4) is 17.1 Å². The number of nitrogens with one attached hydrogen (secondary N) is 1. The fourth-order valence-electron chi connectivity index (χ4n) is 3.44. The van der Waals surface area contributed by atoms with Crippen LogP contribution in [0.1, 0.15) is 36.9 Å². The minimum Gasteiger partial charge on any atom is -0.493 e. The number of aromatic amines is 1. The molecule has 1 aliphatic rings. The van der Waals surface area contributed by atoms with Crippen molar-refractivity contribution in [3.63, 3.8) is 0 Å². The Kier molecular flexibility index (Phi) is 4.26. The van der Waals surface area contributed by atoms with Crippen LogP contribution in [0.2, 0.25) is 0 Å². The molecule has 0 saturated carbocycles. The van der Waals surface area contributed by atoms with E-state index in [-0.39, 0.29) is 39.7 Å². The highest BCUT2D eigenvalue weighted by atomic mass is 32.2. The van der Waals surface area contributed by atoms with Crippen LogP contribution in [0.4, 0.5) is 0 Å². The van der Waals surface area contributed by atoms with Crippen molar-refractivity contribution in [2.24, 2.45) is 7.05 Å². The van der Waals surface area contributed by atoms with Crippen LogP contribution in [0.25, 0.3) is 22.4 Å². The second-order valence-corrected chi connectivity index (χ2v) is 9.09. The summed E-state index contributed by atoms with van der Waals surface area (Å²) in [5.41, 5.74) is 0.437. The van der Waals surface area contributed by atoms with Crippen LogP contribution in [0.15, 0.2) is 27.9 Å². The van der Waals surface area contributed by atoms with Crippen molar-refractivity contribution in [1.29, 1.82) is 0 Å². The van der Waals surface area contributed by atoms with E-state index in [1.807, 2.05) is 6.92 Å². The molecule has 1 aliphatic heterocycles. The van der Waals surface area contributed by atoms with E-state index in [0.29, 0.717) is 18.5 Å². The maximum Gasteiger partial charge on any atom is 0.277 e. The van der Waals surface area contributed by atoms with Crippen molar-refractivity contribution in [2.75, 3.05) is 39.6 Å². The molecule has 0 atom stereocenters. The standard InChI is InChI=1S/C22H30N6O4S/c1-5-7-17-19-20(27(4)25-17)22(29)24-21(23-19)16-14-15(8-9-18(16)32-6-2)33(30,31)28-12-10-26(3)11-13-28/h8-9,14H,5-7,10-13H2,1-4H3,(H,23,24,29)/i10D2,11D2,12D2,13D2. The average Bonchev–Trinajstić information content (AvgIpc) is 3.18. The molecule has 2 aromatic heterocycles. The number of hydrogen-bond donors (Lipinski definition) is 1. The quantitative estimate of drug-likeness (QED) is 0.544. The van der Waals surface area contributed by atoms with E-state index >= 15 is 0 Å². The molecule has 1 fully saturated rings. The van der Waals surface area contributed by atoms with Crippen molar-refractivity contribution in [1.82, 2.24) is 29.0 Å². The molecule has 1 aromatic carbocycles. The fourth-order valence-corrected chi connectivity index (χ4v) is 4.48. The van der Waals surface area contributed by atoms with Crippen LogP contribution in [0.5, 0.6) is 5.75 Å². The zero-order valence-electron chi connectivity index (χ0n) is 26.6. The lowest BCUT2D eigenvalue weighted by Gasteiger charge is -2.31. The summed E-state index contributed by atoms with van der Waals surface area (Å²) in [4.78, 5) is 19.7. The molecule has 0 amide bonds. The summed E-state index contributed by atoms with van der Waals surface area (Å²) in [5.74, 6) is 0.00773. The fraction of sp³-hybridized carbons (Fsp3) is 0.500. The molecule has 0 unspecified atom stereocenters. The van der Waals surface area contributed by atoms with Gasteiger partial charge >= 0.3 is 0 Å². The zero-order valence-corrected chi connectivity index (χ0v) is 19.4. The van der Waals surface area contributed by atoms with Gasteiger partial charge in [0.1, 0.15) is 17.1 Å². The molecule has 0 bridgehead atoms. The Morgan fingerprint density at radius 1 is 1.18 bits per heavy atom. The van der Waals surface area contributed by atoms with Gasteiger partial charge in [0.25, 0.3) is 5.56 Å². The number of nitrogens with zero attached hydrogens (tertiary/aromatic N) is 5. The highest BCUT2D eigenvalue weighted by molar-refractivity contribution is 7.89. The van der Waals surface area contributed by atoms with Gasteiger partial charge in [-0.15, -0.1) is 0 Å². The first kappa shape index (κ1) is 15.2. The molecule has 11 heteroatoms. The van der Waals surface area contributed by atoms with Crippen molar-refractivity contribution in [2.45, 2.75) is 31.6 Å². The number of hydrogen-bond acceptors (Lipinski definition) is 7. The Bertz CT molecular complexity index is 1650. The third-order valence-corrected chi connectivity index (χ3v) is 6.45. The number of piperazine rings is 1. The molecule has 0 spiro atoms. The number of benzene rings is 1. The maximum atomic E-state index is 13.9. The summed E-state index contributed by atoms with van der Waals surface area (Å²) in [6.07, 6.45) is 1.22. The van der Waals surface area contributed by atoms with Gasteiger partial charge in [-0.25, -0.2) is 13.4 Å². The molecule has 3 aromatic rings. The maximum absolute atomic E-state index is 13.9. The van der Waals surface area contributed by atoms with E-state index in [0.717, 1.165) is 19.2 Å². The number of aromatic nitrogens is 4. The van der Waals surface area contributed by atoms with Gasteiger partial charge < -0.3 is 14.6 Å². The summed E-state index contributed by atoms with van der Waals surface area (Å²) in [7, 11) is -2.86. The molecular formula is C22H30N6O4S. The molecule has 3 heterocycles.